The number of unbranched alkanes of at least 4 members (excludes halogenated alkanes) is 7. The zero-order valence-electron chi connectivity index (χ0n) is 26.1. The second kappa shape index (κ2) is 22.6. The van der Waals surface area contributed by atoms with Crippen LogP contribution in [0.4, 0.5) is 0 Å². The number of rotatable bonds is 16. The van der Waals surface area contributed by atoms with Crippen LogP contribution in [0.5, 0.6) is 0 Å². The van der Waals surface area contributed by atoms with E-state index in [4.69, 9.17) is 5.10 Å². The summed E-state index contributed by atoms with van der Waals surface area (Å²) in [6.45, 7) is 18.0. The lowest BCUT2D eigenvalue weighted by Crippen LogP contribution is -2.35. The monoisotopic (exact) mass is 549 g/mol. The number of benzene rings is 2. The van der Waals surface area contributed by atoms with Crippen molar-refractivity contribution < 1.29 is 0 Å². The van der Waals surface area contributed by atoms with Gasteiger partial charge in [0, 0.05) is 18.5 Å². The zero-order chi connectivity index (χ0) is 29.4. The number of aliphatic imine (C=N–C) groups is 1. The van der Waals surface area contributed by atoms with Crippen molar-refractivity contribution in [2.24, 2.45) is 15.2 Å². The van der Waals surface area contributed by atoms with Crippen LogP contribution in [0.25, 0.3) is 11.1 Å². The van der Waals surface area contributed by atoms with E-state index in [1.807, 2.05) is 33.8 Å². The maximum atomic E-state index is 4.90. The number of hydrazone groups is 2. The summed E-state index contributed by atoms with van der Waals surface area (Å²) >= 11 is 0. The van der Waals surface area contributed by atoms with Gasteiger partial charge in [-0.2, -0.15) is 5.10 Å². The van der Waals surface area contributed by atoms with Crippen LogP contribution in [0.15, 0.2) is 63.7 Å². The smallest absolute Gasteiger partial charge is 0.171 e. The molecule has 0 spiro atoms. The van der Waals surface area contributed by atoms with E-state index in [1.54, 1.807) is 0 Å². The molecule has 0 amide bonds. The Balaban J connectivity index is 0.00000191. The summed E-state index contributed by atoms with van der Waals surface area (Å²) in [4.78, 5) is 4.26. The van der Waals surface area contributed by atoms with E-state index in [9.17, 15) is 0 Å². The summed E-state index contributed by atoms with van der Waals surface area (Å²) < 4.78 is 0. The first-order valence-electron chi connectivity index (χ1n) is 15.6. The average Bonchev–Trinajstić information content (AvgIpc) is 3.56. The number of hydrogen-bond donors (Lipinski definition) is 3. The molecule has 0 aliphatic carbocycles. The van der Waals surface area contributed by atoms with E-state index in [2.05, 4.69) is 94.6 Å². The SMILES string of the molecule is C=N/C(CCCCCCCCC)=N\N(CCCC)Cc1ccc(-c2ccccc2C2=NNNN2)cc1.CC.CC. The molecular weight excluding hydrogens is 494 g/mol. The first-order valence-corrected chi connectivity index (χ1v) is 15.6. The summed E-state index contributed by atoms with van der Waals surface area (Å²) in [5.41, 5.74) is 13.2. The van der Waals surface area contributed by atoms with Gasteiger partial charge in [0.05, 0.1) is 6.54 Å². The van der Waals surface area contributed by atoms with Gasteiger partial charge >= 0.3 is 0 Å². The highest BCUT2D eigenvalue weighted by atomic mass is 15.8. The summed E-state index contributed by atoms with van der Waals surface area (Å²) in [5, 5.41) is 11.3. The molecule has 0 radical (unpaired) electrons. The Morgan fingerprint density at radius 2 is 1.43 bits per heavy atom. The predicted octanol–water partition coefficient (Wildman–Crippen LogP) is 8.44. The second-order valence-electron chi connectivity index (χ2n) is 9.35. The first kappa shape index (κ1) is 34.8. The molecule has 0 atom stereocenters. The molecule has 40 heavy (non-hydrogen) atoms. The van der Waals surface area contributed by atoms with Gasteiger partial charge in [0.25, 0.3) is 0 Å². The Morgan fingerprint density at radius 1 is 0.800 bits per heavy atom. The van der Waals surface area contributed by atoms with Crippen molar-refractivity contribution in [1.29, 1.82) is 0 Å². The number of hydrogen-bond acceptors (Lipinski definition) is 6. The molecule has 3 N–H and O–H groups in total. The summed E-state index contributed by atoms with van der Waals surface area (Å²) in [6.07, 6.45) is 12.1. The third kappa shape index (κ3) is 12.8. The minimum Gasteiger partial charge on any atom is -0.291 e. The summed E-state index contributed by atoms with van der Waals surface area (Å²) in [5.74, 6) is 1.64. The molecule has 0 saturated heterocycles. The van der Waals surface area contributed by atoms with Crippen LogP contribution in [0.3, 0.4) is 0 Å². The molecule has 0 bridgehead atoms. The van der Waals surface area contributed by atoms with Gasteiger partial charge in [-0.05, 0) is 36.2 Å². The Kier molecular flexibility index (Phi) is 19.7. The molecule has 0 saturated carbocycles. The molecule has 2 aromatic rings. The second-order valence-corrected chi connectivity index (χ2v) is 9.35. The van der Waals surface area contributed by atoms with Crippen LogP contribution in [0.2, 0.25) is 0 Å². The van der Waals surface area contributed by atoms with Crippen LogP contribution in [-0.2, 0) is 6.54 Å². The largest absolute Gasteiger partial charge is 0.291 e. The number of amidine groups is 2. The Bertz CT molecular complexity index is 983. The average molecular weight is 550 g/mol. The van der Waals surface area contributed by atoms with E-state index < -0.39 is 0 Å². The molecule has 222 valence electrons. The fourth-order valence-corrected chi connectivity index (χ4v) is 4.34. The topological polar surface area (TPSA) is 76.4 Å². The van der Waals surface area contributed by atoms with Crippen molar-refractivity contribution in [3.8, 4) is 11.1 Å². The number of nitrogens with zero attached hydrogens (tertiary/aromatic N) is 4. The van der Waals surface area contributed by atoms with Crippen molar-refractivity contribution in [1.82, 2.24) is 21.5 Å². The molecule has 1 heterocycles. The number of nitrogens with one attached hydrogen (secondary N) is 3. The minimum atomic E-state index is 0.764. The highest BCUT2D eigenvalue weighted by molar-refractivity contribution is 6.04. The van der Waals surface area contributed by atoms with E-state index in [0.717, 1.165) is 67.1 Å². The van der Waals surface area contributed by atoms with Gasteiger partial charge in [-0.3, -0.25) is 10.4 Å². The lowest BCUT2D eigenvalue weighted by Gasteiger charge is -2.20. The molecule has 7 heteroatoms. The quantitative estimate of drug-likeness (QED) is 0.0850. The normalized spacial score (nSPS) is 12.2. The Hall–Kier alpha value is -3.19. The van der Waals surface area contributed by atoms with Crippen molar-refractivity contribution in [3.63, 3.8) is 0 Å². The van der Waals surface area contributed by atoms with Gasteiger partial charge in [0.2, 0.25) is 0 Å². The van der Waals surface area contributed by atoms with Gasteiger partial charge in [-0.1, -0.05) is 135 Å². The van der Waals surface area contributed by atoms with Crippen LogP contribution in [0.1, 0.15) is 117 Å². The van der Waals surface area contributed by atoms with E-state index in [0.29, 0.717) is 0 Å². The first-order chi connectivity index (χ1) is 19.7. The Labute approximate surface area is 244 Å². The van der Waals surface area contributed by atoms with E-state index >= 15 is 0 Å². The molecule has 1 aliphatic heterocycles. The Morgan fingerprint density at radius 3 is 2.02 bits per heavy atom. The van der Waals surface area contributed by atoms with Crippen molar-refractivity contribution >= 4 is 18.4 Å². The molecular formula is C33H55N7. The van der Waals surface area contributed by atoms with Gasteiger partial charge in [0.1, 0.15) is 5.84 Å². The van der Waals surface area contributed by atoms with Crippen LogP contribution < -0.4 is 16.5 Å². The molecule has 2 aromatic carbocycles. The summed E-state index contributed by atoms with van der Waals surface area (Å²) in [6, 6.07) is 17.0. The fourth-order valence-electron chi connectivity index (χ4n) is 4.34. The lowest BCUT2D eigenvalue weighted by atomic mass is 9.98. The van der Waals surface area contributed by atoms with E-state index in [-0.39, 0.29) is 0 Å². The van der Waals surface area contributed by atoms with E-state index in [1.165, 1.54) is 44.1 Å². The van der Waals surface area contributed by atoms with Crippen molar-refractivity contribution in [2.45, 2.75) is 112 Å². The molecule has 0 aromatic heterocycles. The third-order valence-corrected chi connectivity index (χ3v) is 6.43. The third-order valence-electron chi connectivity index (χ3n) is 6.43. The van der Waals surface area contributed by atoms with Gasteiger partial charge in [-0.25, -0.2) is 10.5 Å². The number of hydrazine groups is 2. The fraction of sp³-hybridized carbons (Fsp3) is 0.545. The van der Waals surface area contributed by atoms with Gasteiger partial charge < -0.3 is 0 Å². The molecule has 0 unspecified atom stereocenters. The lowest BCUT2D eigenvalue weighted by molar-refractivity contribution is 0.273. The predicted molar refractivity (Wildman–Crippen MR) is 175 cm³/mol. The molecule has 1 aliphatic rings. The molecule has 3 rings (SSSR count). The van der Waals surface area contributed by atoms with Crippen LogP contribution >= 0.6 is 0 Å². The highest BCUT2D eigenvalue weighted by Crippen LogP contribution is 2.25. The van der Waals surface area contributed by atoms with Crippen LogP contribution in [0, 0.1) is 0 Å². The maximum absolute atomic E-state index is 4.90. The van der Waals surface area contributed by atoms with Crippen LogP contribution in [-0.4, -0.2) is 29.9 Å². The summed E-state index contributed by atoms with van der Waals surface area (Å²) in [7, 11) is 0. The van der Waals surface area contributed by atoms with Crippen molar-refractivity contribution in [2.75, 3.05) is 6.54 Å². The minimum absolute atomic E-state index is 0.764. The highest BCUT2D eigenvalue weighted by Gasteiger charge is 2.14. The van der Waals surface area contributed by atoms with Gasteiger partial charge in [0.15, 0.2) is 5.84 Å². The molecule has 7 nitrogen and oxygen atoms in total. The van der Waals surface area contributed by atoms with Gasteiger partial charge in [-0.15, -0.1) is 10.6 Å². The molecule has 0 fully saturated rings. The van der Waals surface area contributed by atoms with Crippen molar-refractivity contribution in [3.05, 3.63) is 59.7 Å². The standard InChI is InChI=1S/C29H43N7.2C2H6/c1-4-6-8-9-10-11-12-17-28(30-3)33-36(22-7-5-2)23-24-18-20-25(21-19-24)26-15-13-14-16-27(26)29-31-34-35-32-29;2*1-2/h13-16,18-21,34-35H,3-12,17,22-23H2,1-2H3,(H,31,32);2*1-2H3/b33-28-;;. The zero-order valence-corrected chi connectivity index (χ0v) is 26.1. The maximum Gasteiger partial charge on any atom is 0.171 e.